The highest BCUT2D eigenvalue weighted by molar-refractivity contribution is 7.89. The van der Waals surface area contributed by atoms with Crippen LogP contribution in [-0.2, 0) is 27.9 Å². The van der Waals surface area contributed by atoms with Crippen molar-refractivity contribution >= 4 is 27.5 Å². The summed E-state index contributed by atoms with van der Waals surface area (Å²) >= 11 is 6.05. The van der Waals surface area contributed by atoms with Gasteiger partial charge in [-0.25, -0.2) is 8.42 Å². The Morgan fingerprint density at radius 1 is 1.07 bits per heavy atom. The van der Waals surface area contributed by atoms with Gasteiger partial charge >= 0.3 is 0 Å². The van der Waals surface area contributed by atoms with Crippen molar-refractivity contribution in [1.82, 2.24) is 14.6 Å². The highest BCUT2D eigenvalue weighted by atomic mass is 35.5. The van der Waals surface area contributed by atoms with Crippen molar-refractivity contribution in [3.63, 3.8) is 0 Å². The number of carbonyl (C=O) groups is 1. The molecule has 1 amide bonds. The van der Waals surface area contributed by atoms with Crippen LogP contribution < -0.4 is 5.32 Å². The lowest BCUT2D eigenvalue weighted by atomic mass is 10.2. The fourth-order valence-electron chi connectivity index (χ4n) is 2.84. The Morgan fingerprint density at radius 3 is 2.47 bits per heavy atom. The smallest absolute Gasteiger partial charge is 0.243 e. The standard InChI is InChI=1S/C22H22ClN3O3S/c1-17-7-9-21(10-8-17)30(28,29)26(15-18-4-2-6-20(23)12-18)16-22(27)25-14-19-5-3-11-24-13-19/h2-13H,14-16H2,1H3,(H,25,27). The molecule has 0 atom stereocenters. The number of pyridine rings is 1. The normalized spacial score (nSPS) is 11.4. The second-order valence-corrected chi connectivity index (χ2v) is 9.23. The molecule has 1 heterocycles. The summed E-state index contributed by atoms with van der Waals surface area (Å²) in [5, 5.41) is 3.25. The minimum atomic E-state index is -3.89. The van der Waals surface area contributed by atoms with Gasteiger partial charge < -0.3 is 5.32 Å². The SMILES string of the molecule is Cc1ccc(S(=O)(=O)N(CC(=O)NCc2cccnc2)Cc2cccc(Cl)c2)cc1. The van der Waals surface area contributed by atoms with Gasteiger partial charge in [0.1, 0.15) is 0 Å². The van der Waals surface area contributed by atoms with Crippen LogP contribution >= 0.6 is 11.6 Å². The molecule has 0 spiro atoms. The number of aryl methyl sites for hydroxylation is 1. The number of hydrogen-bond donors (Lipinski definition) is 1. The first kappa shape index (κ1) is 22.0. The summed E-state index contributed by atoms with van der Waals surface area (Å²) in [6, 6.07) is 17.1. The van der Waals surface area contributed by atoms with Crippen LogP contribution in [0.5, 0.6) is 0 Å². The maximum Gasteiger partial charge on any atom is 0.243 e. The lowest BCUT2D eigenvalue weighted by Gasteiger charge is -2.22. The Balaban J connectivity index is 1.81. The quantitative estimate of drug-likeness (QED) is 0.577. The van der Waals surface area contributed by atoms with Crippen LogP contribution in [0.15, 0.2) is 78.0 Å². The van der Waals surface area contributed by atoms with Gasteiger partial charge in [0.05, 0.1) is 11.4 Å². The fraction of sp³-hybridized carbons (Fsp3) is 0.182. The summed E-state index contributed by atoms with van der Waals surface area (Å²) in [7, 11) is -3.89. The van der Waals surface area contributed by atoms with E-state index in [1.54, 1.807) is 67.0 Å². The highest BCUT2D eigenvalue weighted by Crippen LogP contribution is 2.20. The van der Waals surface area contributed by atoms with Crippen molar-refractivity contribution in [3.8, 4) is 0 Å². The lowest BCUT2D eigenvalue weighted by Crippen LogP contribution is -2.40. The minimum Gasteiger partial charge on any atom is -0.351 e. The molecule has 0 radical (unpaired) electrons. The molecule has 0 aliphatic carbocycles. The average molecular weight is 444 g/mol. The van der Waals surface area contributed by atoms with Crippen molar-refractivity contribution < 1.29 is 13.2 Å². The van der Waals surface area contributed by atoms with Gasteiger partial charge in [-0.05, 0) is 48.4 Å². The number of carbonyl (C=O) groups excluding carboxylic acids is 1. The molecule has 0 aliphatic heterocycles. The summed E-state index contributed by atoms with van der Waals surface area (Å²) in [5.41, 5.74) is 2.47. The molecule has 3 rings (SSSR count). The number of sulfonamides is 1. The van der Waals surface area contributed by atoms with Crippen LogP contribution in [-0.4, -0.2) is 30.2 Å². The van der Waals surface area contributed by atoms with Gasteiger partial charge in [0.2, 0.25) is 15.9 Å². The number of halogens is 1. The first-order valence-corrected chi connectivity index (χ1v) is 11.1. The van der Waals surface area contributed by atoms with Gasteiger partial charge in [0, 0.05) is 30.5 Å². The lowest BCUT2D eigenvalue weighted by molar-refractivity contribution is -0.121. The summed E-state index contributed by atoms with van der Waals surface area (Å²) in [6.45, 7) is 1.86. The van der Waals surface area contributed by atoms with Crippen LogP contribution in [0, 0.1) is 6.92 Å². The number of hydrogen-bond acceptors (Lipinski definition) is 4. The largest absolute Gasteiger partial charge is 0.351 e. The number of aromatic nitrogens is 1. The second-order valence-electron chi connectivity index (χ2n) is 6.85. The maximum absolute atomic E-state index is 13.2. The molecule has 0 saturated heterocycles. The second kappa shape index (κ2) is 9.84. The van der Waals surface area contributed by atoms with E-state index in [4.69, 9.17) is 11.6 Å². The molecule has 1 N–H and O–H groups in total. The van der Waals surface area contributed by atoms with E-state index in [0.29, 0.717) is 10.6 Å². The van der Waals surface area contributed by atoms with E-state index in [1.165, 1.54) is 0 Å². The van der Waals surface area contributed by atoms with Crippen molar-refractivity contribution in [2.45, 2.75) is 24.9 Å². The van der Waals surface area contributed by atoms with Gasteiger partial charge in [-0.3, -0.25) is 9.78 Å². The molecular formula is C22H22ClN3O3S. The molecule has 1 aromatic heterocycles. The van der Waals surface area contributed by atoms with Crippen LogP contribution in [0.25, 0.3) is 0 Å². The van der Waals surface area contributed by atoms with Crippen LogP contribution in [0.4, 0.5) is 0 Å². The van der Waals surface area contributed by atoms with E-state index in [0.717, 1.165) is 15.4 Å². The monoisotopic (exact) mass is 443 g/mol. The number of benzene rings is 2. The Labute approximate surface area is 181 Å². The predicted octanol–water partition coefficient (Wildman–Crippen LogP) is 3.55. The Kier molecular flexibility index (Phi) is 7.20. The van der Waals surface area contributed by atoms with Crippen LogP contribution in [0.3, 0.4) is 0 Å². The van der Waals surface area contributed by atoms with Crippen LogP contribution in [0.2, 0.25) is 5.02 Å². The van der Waals surface area contributed by atoms with Gasteiger partial charge in [0.25, 0.3) is 0 Å². The molecular weight excluding hydrogens is 422 g/mol. The molecule has 2 aromatic carbocycles. The topological polar surface area (TPSA) is 79.4 Å². The van der Waals surface area contributed by atoms with Crippen LogP contribution in [0.1, 0.15) is 16.7 Å². The molecule has 6 nitrogen and oxygen atoms in total. The van der Waals surface area contributed by atoms with E-state index < -0.39 is 15.9 Å². The Bertz CT molecular complexity index is 1100. The zero-order valence-electron chi connectivity index (χ0n) is 16.5. The number of rotatable bonds is 8. The zero-order chi connectivity index (χ0) is 21.6. The van der Waals surface area contributed by atoms with E-state index in [1.807, 2.05) is 13.0 Å². The summed E-state index contributed by atoms with van der Waals surface area (Å²) < 4.78 is 27.6. The van der Waals surface area contributed by atoms with Crippen molar-refractivity contribution in [2.24, 2.45) is 0 Å². The maximum atomic E-state index is 13.2. The molecule has 156 valence electrons. The molecule has 0 fully saturated rings. The van der Waals surface area contributed by atoms with Crippen molar-refractivity contribution in [1.29, 1.82) is 0 Å². The van der Waals surface area contributed by atoms with Gasteiger partial charge in [-0.1, -0.05) is 47.5 Å². The third-order valence-corrected chi connectivity index (χ3v) is 6.48. The molecule has 0 saturated carbocycles. The van der Waals surface area contributed by atoms with Gasteiger partial charge in [-0.2, -0.15) is 4.31 Å². The Hall–Kier alpha value is -2.74. The van der Waals surface area contributed by atoms with E-state index in [-0.39, 0.29) is 24.5 Å². The number of nitrogens with one attached hydrogen (secondary N) is 1. The zero-order valence-corrected chi connectivity index (χ0v) is 18.0. The highest BCUT2D eigenvalue weighted by Gasteiger charge is 2.27. The molecule has 30 heavy (non-hydrogen) atoms. The molecule has 0 bridgehead atoms. The van der Waals surface area contributed by atoms with Crippen molar-refractivity contribution in [3.05, 3.63) is 94.8 Å². The van der Waals surface area contributed by atoms with E-state index >= 15 is 0 Å². The number of nitrogens with zero attached hydrogens (tertiary/aromatic N) is 2. The first-order chi connectivity index (χ1) is 14.3. The van der Waals surface area contributed by atoms with E-state index in [2.05, 4.69) is 10.3 Å². The fourth-order valence-corrected chi connectivity index (χ4v) is 4.44. The molecule has 0 unspecified atom stereocenters. The van der Waals surface area contributed by atoms with E-state index in [9.17, 15) is 13.2 Å². The average Bonchev–Trinajstić information content (AvgIpc) is 2.73. The van der Waals surface area contributed by atoms with Gasteiger partial charge in [0.15, 0.2) is 0 Å². The third kappa shape index (κ3) is 5.89. The van der Waals surface area contributed by atoms with Gasteiger partial charge in [-0.15, -0.1) is 0 Å². The van der Waals surface area contributed by atoms with Crippen molar-refractivity contribution in [2.75, 3.05) is 6.54 Å². The number of amides is 1. The minimum absolute atomic E-state index is 0.0249. The Morgan fingerprint density at radius 2 is 1.80 bits per heavy atom. The summed E-state index contributed by atoms with van der Waals surface area (Å²) in [6.07, 6.45) is 3.29. The first-order valence-electron chi connectivity index (χ1n) is 9.31. The summed E-state index contributed by atoms with van der Waals surface area (Å²) in [4.78, 5) is 16.7. The molecule has 0 aliphatic rings. The molecule has 8 heteroatoms. The predicted molar refractivity (Wildman–Crippen MR) is 116 cm³/mol. The molecule has 3 aromatic rings. The third-order valence-electron chi connectivity index (χ3n) is 4.44. The summed E-state index contributed by atoms with van der Waals surface area (Å²) in [5.74, 6) is -0.406.